The third-order valence-electron chi connectivity index (χ3n) is 3.02. The van der Waals surface area contributed by atoms with Crippen LogP contribution in [0.25, 0.3) is 0 Å². The highest BCUT2D eigenvalue weighted by Gasteiger charge is 2.36. The van der Waals surface area contributed by atoms with Gasteiger partial charge in [0.2, 0.25) is 0 Å². The summed E-state index contributed by atoms with van der Waals surface area (Å²) in [5.41, 5.74) is -0.392. The largest absolute Gasteiger partial charge is 0.508 e. The third-order valence-corrected chi connectivity index (χ3v) is 3.02. The molecule has 0 radical (unpaired) electrons. The first-order chi connectivity index (χ1) is 8.39. The Kier molecular flexibility index (Phi) is 2.98. The highest BCUT2D eigenvalue weighted by Crippen LogP contribution is 2.37. The minimum absolute atomic E-state index is 0.0176. The number of phenolic OH excluding ortho intramolecular Hbond substituents is 1. The molecule has 1 aromatic carbocycles. The predicted octanol–water partition coefficient (Wildman–Crippen LogP) is 1.98. The summed E-state index contributed by atoms with van der Waals surface area (Å²) >= 11 is 0. The summed E-state index contributed by atoms with van der Waals surface area (Å²) in [6.07, 6.45) is 0.346. The number of phenols is 1. The number of hydrogen-bond donors (Lipinski definition) is 2. The molecule has 0 spiro atoms. The topological polar surface area (TPSA) is 83.8 Å². The van der Waals surface area contributed by atoms with E-state index in [1.54, 1.807) is 6.92 Å². The molecule has 0 bridgehead atoms. The fraction of sp³-hybridized carbons (Fsp3) is 0.385. The molecule has 96 valence electrons. The van der Waals surface area contributed by atoms with Crippen LogP contribution >= 0.6 is 0 Å². The quantitative estimate of drug-likeness (QED) is 0.856. The zero-order valence-corrected chi connectivity index (χ0v) is 9.97. The Hall–Kier alpha value is -2.04. The van der Waals surface area contributed by atoms with Gasteiger partial charge < -0.3 is 14.9 Å². The summed E-state index contributed by atoms with van der Waals surface area (Å²) in [5, 5.41) is 18.1. The fourth-order valence-corrected chi connectivity index (χ4v) is 2.07. The maximum Gasteiger partial charge on any atom is 0.303 e. The van der Waals surface area contributed by atoms with Gasteiger partial charge in [0.1, 0.15) is 17.1 Å². The number of Topliss-reactive ketones (excluding diaryl/α,β-unsaturated/α-hetero) is 1. The van der Waals surface area contributed by atoms with Crippen LogP contribution in [0.4, 0.5) is 0 Å². The van der Waals surface area contributed by atoms with Gasteiger partial charge in [0, 0.05) is 12.5 Å². The second-order valence-corrected chi connectivity index (χ2v) is 4.73. The number of hydrogen-bond acceptors (Lipinski definition) is 4. The van der Waals surface area contributed by atoms with E-state index in [4.69, 9.17) is 9.84 Å². The summed E-state index contributed by atoms with van der Waals surface area (Å²) in [6, 6.07) is 4.33. The van der Waals surface area contributed by atoms with E-state index in [0.29, 0.717) is 11.3 Å². The van der Waals surface area contributed by atoms with Gasteiger partial charge in [-0.1, -0.05) is 0 Å². The van der Waals surface area contributed by atoms with Crippen molar-refractivity contribution in [1.29, 1.82) is 0 Å². The van der Waals surface area contributed by atoms with Crippen molar-refractivity contribution in [1.82, 2.24) is 0 Å². The zero-order chi connectivity index (χ0) is 13.3. The van der Waals surface area contributed by atoms with Crippen LogP contribution in [0, 0.1) is 0 Å². The van der Waals surface area contributed by atoms with E-state index in [1.165, 1.54) is 18.2 Å². The minimum atomic E-state index is -0.922. The van der Waals surface area contributed by atoms with E-state index in [9.17, 15) is 14.7 Å². The first-order valence-corrected chi connectivity index (χ1v) is 5.67. The Morgan fingerprint density at radius 3 is 2.89 bits per heavy atom. The van der Waals surface area contributed by atoms with Crippen molar-refractivity contribution in [3.05, 3.63) is 23.8 Å². The van der Waals surface area contributed by atoms with E-state index >= 15 is 0 Å². The van der Waals surface area contributed by atoms with Crippen LogP contribution in [0.3, 0.4) is 0 Å². The second kappa shape index (κ2) is 4.33. The van der Waals surface area contributed by atoms with Gasteiger partial charge in [0.15, 0.2) is 5.78 Å². The summed E-state index contributed by atoms with van der Waals surface area (Å²) in [4.78, 5) is 22.5. The average molecular weight is 250 g/mol. The van der Waals surface area contributed by atoms with Gasteiger partial charge in [0.05, 0.1) is 12.0 Å². The minimum Gasteiger partial charge on any atom is -0.508 e. The van der Waals surface area contributed by atoms with Crippen molar-refractivity contribution in [2.45, 2.75) is 31.8 Å². The molecule has 1 aromatic rings. The molecule has 0 saturated carbocycles. The summed E-state index contributed by atoms with van der Waals surface area (Å²) < 4.78 is 5.68. The van der Waals surface area contributed by atoms with Gasteiger partial charge in [-0.05, 0) is 25.5 Å². The number of benzene rings is 1. The lowest BCUT2D eigenvalue weighted by Gasteiger charge is -2.34. The van der Waals surface area contributed by atoms with Gasteiger partial charge in [0.25, 0.3) is 0 Å². The molecule has 2 N–H and O–H groups in total. The maximum atomic E-state index is 11.9. The van der Waals surface area contributed by atoms with Crippen LogP contribution in [0.15, 0.2) is 18.2 Å². The van der Waals surface area contributed by atoms with E-state index < -0.39 is 11.6 Å². The van der Waals surface area contributed by atoms with Crippen LogP contribution < -0.4 is 4.74 Å². The van der Waals surface area contributed by atoms with Gasteiger partial charge >= 0.3 is 5.97 Å². The number of carbonyl (C=O) groups is 2. The SMILES string of the molecule is CC1(CCC(=O)O)CC(=O)c2ccc(O)cc2O1. The molecular formula is C13H14O5. The van der Waals surface area contributed by atoms with Crippen LogP contribution in [-0.2, 0) is 4.79 Å². The molecule has 0 aliphatic carbocycles. The van der Waals surface area contributed by atoms with Gasteiger partial charge in [-0.25, -0.2) is 0 Å². The Balaban J connectivity index is 2.25. The van der Waals surface area contributed by atoms with Crippen LogP contribution in [0.1, 0.15) is 36.5 Å². The van der Waals surface area contributed by atoms with Crippen molar-refractivity contribution in [2.75, 3.05) is 0 Å². The van der Waals surface area contributed by atoms with Crippen molar-refractivity contribution in [3.8, 4) is 11.5 Å². The van der Waals surface area contributed by atoms with E-state index in [1.807, 2.05) is 0 Å². The smallest absolute Gasteiger partial charge is 0.303 e. The fourth-order valence-electron chi connectivity index (χ4n) is 2.07. The lowest BCUT2D eigenvalue weighted by Crippen LogP contribution is -2.39. The summed E-state index contributed by atoms with van der Waals surface area (Å²) in [5.74, 6) is -0.679. The van der Waals surface area contributed by atoms with Gasteiger partial charge in [-0.3, -0.25) is 9.59 Å². The van der Waals surface area contributed by atoms with Crippen molar-refractivity contribution in [2.24, 2.45) is 0 Å². The molecule has 0 amide bonds. The Labute approximate surface area is 104 Å². The lowest BCUT2D eigenvalue weighted by molar-refractivity contribution is -0.138. The Morgan fingerprint density at radius 1 is 1.50 bits per heavy atom. The lowest BCUT2D eigenvalue weighted by atomic mass is 9.88. The number of rotatable bonds is 3. The highest BCUT2D eigenvalue weighted by molar-refractivity contribution is 6.00. The number of aliphatic carboxylic acids is 1. The number of carboxylic acid groups (broad SMARTS) is 1. The molecule has 5 heteroatoms. The first kappa shape index (κ1) is 12.4. The van der Waals surface area contributed by atoms with Crippen molar-refractivity contribution >= 4 is 11.8 Å². The summed E-state index contributed by atoms with van der Waals surface area (Å²) in [6.45, 7) is 1.71. The molecule has 5 nitrogen and oxygen atoms in total. The predicted molar refractivity (Wildman–Crippen MR) is 63.0 cm³/mol. The Morgan fingerprint density at radius 2 is 2.22 bits per heavy atom. The number of fused-ring (bicyclic) bond motifs is 1. The highest BCUT2D eigenvalue weighted by atomic mass is 16.5. The molecule has 1 unspecified atom stereocenters. The zero-order valence-electron chi connectivity index (χ0n) is 9.97. The van der Waals surface area contributed by atoms with Crippen molar-refractivity contribution in [3.63, 3.8) is 0 Å². The molecule has 1 atom stereocenters. The molecule has 2 rings (SSSR count). The standard InChI is InChI=1S/C13H14O5/c1-13(5-4-12(16)17)7-10(15)9-3-2-8(14)6-11(9)18-13/h2-3,6,14H,4-5,7H2,1H3,(H,16,17). The maximum absolute atomic E-state index is 11.9. The monoisotopic (exact) mass is 250 g/mol. The normalized spacial score (nSPS) is 22.2. The van der Waals surface area contributed by atoms with Crippen molar-refractivity contribution < 1.29 is 24.5 Å². The molecule has 1 aliphatic rings. The van der Waals surface area contributed by atoms with Crippen LogP contribution in [0.5, 0.6) is 11.5 Å². The number of ether oxygens (including phenoxy) is 1. The first-order valence-electron chi connectivity index (χ1n) is 5.67. The van der Waals surface area contributed by atoms with E-state index in [-0.39, 0.29) is 30.8 Å². The van der Waals surface area contributed by atoms with E-state index in [2.05, 4.69) is 0 Å². The number of ketones is 1. The second-order valence-electron chi connectivity index (χ2n) is 4.73. The van der Waals surface area contributed by atoms with Gasteiger partial charge in [-0.2, -0.15) is 0 Å². The number of aromatic hydroxyl groups is 1. The van der Waals surface area contributed by atoms with Crippen LogP contribution in [0.2, 0.25) is 0 Å². The molecular weight excluding hydrogens is 236 g/mol. The molecule has 0 aromatic heterocycles. The number of carboxylic acids is 1. The third kappa shape index (κ3) is 2.45. The average Bonchev–Trinajstić information content (AvgIpc) is 2.25. The summed E-state index contributed by atoms with van der Waals surface area (Å²) in [7, 11) is 0. The molecule has 0 fully saturated rings. The van der Waals surface area contributed by atoms with Gasteiger partial charge in [-0.15, -0.1) is 0 Å². The Bertz CT molecular complexity index is 508. The number of carbonyl (C=O) groups excluding carboxylic acids is 1. The molecule has 18 heavy (non-hydrogen) atoms. The molecule has 0 saturated heterocycles. The molecule has 1 heterocycles. The molecule has 1 aliphatic heterocycles. The van der Waals surface area contributed by atoms with E-state index in [0.717, 1.165) is 0 Å². The van der Waals surface area contributed by atoms with Crippen LogP contribution in [-0.4, -0.2) is 27.6 Å².